The molecule has 0 spiro atoms. The summed E-state index contributed by atoms with van der Waals surface area (Å²) in [6.07, 6.45) is 1.78. The number of H-pyrrole nitrogens is 1. The van der Waals surface area contributed by atoms with Crippen LogP contribution in [0.4, 0.5) is 0 Å². The maximum atomic E-state index is 13.0. The van der Waals surface area contributed by atoms with Crippen molar-refractivity contribution in [1.82, 2.24) is 19.7 Å². The molecule has 0 aliphatic heterocycles. The van der Waals surface area contributed by atoms with Crippen molar-refractivity contribution in [2.45, 2.75) is 12.1 Å². The molecule has 3 aromatic carbocycles. The number of hydrogen-bond acceptors (Lipinski definition) is 4. The van der Waals surface area contributed by atoms with Crippen molar-refractivity contribution in [1.29, 1.82) is 0 Å². The van der Waals surface area contributed by atoms with E-state index >= 15 is 0 Å². The first-order valence-electron chi connectivity index (χ1n) is 10.1. The molecule has 0 bridgehead atoms. The number of aromatic nitrogens is 4. The van der Waals surface area contributed by atoms with E-state index in [4.69, 9.17) is 11.6 Å². The van der Waals surface area contributed by atoms with Gasteiger partial charge in [-0.05, 0) is 48.9 Å². The molecule has 7 heteroatoms. The zero-order chi connectivity index (χ0) is 22.1. The fourth-order valence-electron chi connectivity index (χ4n) is 3.69. The summed E-state index contributed by atoms with van der Waals surface area (Å²) in [6.45, 7) is 2.05. The van der Waals surface area contributed by atoms with Gasteiger partial charge in [0, 0.05) is 33.2 Å². The van der Waals surface area contributed by atoms with E-state index in [1.807, 2.05) is 84.3 Å². The van der Waals surface area contributed by atoms with Crippen molar-refractivity contribution < 1.29 is 4.79 Å². The third-order valence-corrected chi connectivity index (χ3v) is 6.50. The van der Waals surface area contributed by atoms with Gasteiger partial charge in [0.05, 0.1) is 11.4 Å². The van der Waals surface area contributed by atoms with Gasteiger partial charge in [-0.3, -0.25) is 9.36 Å². The summed E-state index contributed by atoms with van der Waals surface area (Å²) < 4.78 is 2.01. The third kappa shape index (κ3) is 3.83. The monoisotopic (exact) mass is 458 g/mol. The van der Waals surface area contributed by atoms with E-state index in [9.17, 15) is 4.79 Å². The molecule has 0 fully saturated rings. The highest BCUT2D eigenvalue weighted by Gasteiger charge is 2.19. The minimum absolute atomic E-state index is 0.0415. The fourth-order valence-corrected chi connectivity index (χ4v) is 4.65. The Labute approximate surface area is 194 Å². The van der Waals surface area contributed by atoms with Crippen molar-refractivity contribution in [2.75, 3.05) is 5.75 Å². The van der Waals surface area contributed by atoms with Crippen molar-refractivity contribution in [3.05, 3.63) is 95.1 Å². The Hall–Kier alpha value is -3.35. The average molecular weight is 459 g/mol. The molecule has 0 saturated carbocycles. The number of hydrogen-bond donors (Lipinski definition) is 1. The molecule has 1 N–H and O–H groups in total. The Balaban J connectivity index is 1.50. The first-order valence-corrected chi connectivity index (χ1v) is 11.5. The minimum Gasteiger partial charge on any atom is -0.360 e. The molecule has 5 nitrogen and oxygen atoms in total. The van der Waals surface area contributed by atoms with Gasteiger partial charge in [-0.1, -0.05) is 59.8 Å². The standard InChI is InChI=1S/C25H19ClN4OS/c1-16-6-2-5-9-22(16)30-24(17-10-12-18(26)13-11-17)28-29-25(30)32-15-23(31)20-14-27-21-8-4-3-7-19(20)21/h2-14,27H,15H2,1H3. The van der Waals surface area contributed by atoms with Crippen LogP contribution in [0.15, 0.2) is 84.1 Å². The summed E-state index contributed by atoms with van der Waals surface area (Å²) >= 11 is 7.46. The van der Waals surface area contributed by atoms with Crippen LogP contribution in [-0.4, -0.2) is 31.3 Å². The number of nitrogens with one attached hydrogen (secondary N) is 1. The van der Waals surface area contributed by atoms with E-state index in [0.717, 1.165) is 27.7 Å². The highest BCUT2D eigenvalue weighted by molar-refractivity contribution is 7.99. The van der Waals surface area contributed by atoms with Gasteiger partial charge < -0.3 is 4.98 Å². The maximum absolute atomic E-state index is 13.0. The van der Waals surface area contributed by atoms with Gasteiger partial charge in [-0.2, -0.15) is 0 Å². The quantitative estimate of drug-likeness (QED) is 0.238. The highest BCUT2D eigenvalue weighted by atomic mass is 35.5. The number of carbonyl (C=O) groups is 1. The molecule has 0 aliphatic rings. The molecule has 0 aliphatic carbocycles. The van der Waals surface area contributed by atoms with E-state index in [2.05, 4.69) is 15.2 Å². The van der Waals surface area contributed by atoms with Crippen LogP contribution in [0.2, 0.25) is 5.02 Å². The summed E-state index contributed by atoms with van der Waals surface area (Å²) in [5.74, 6) is 1.00. The van der Waals surface area contributed by atoms with E-state index in [1.165, 1.54) is 11.8 Å². The molecule has 0 unspecified atom stereocenters. The zero-order valence-corrected chi connectivity index (χ0v) is 18.8. The number of carbonyl (C=O) groups excluding carboxylic acids is 1. The Morgan fingerprint density at radius 1 is 1.00 bits per heavy atom. The van der Waals surface area contributed by atoms with E-state index in [1.54, 1.807) is 6.20 Å². The van der Waals surface area contributed by atoms with Gasteiger partial charge in [0.15, 0.2) is 16.8 Å². The Kier molecular flexibility index (Phi) is 5.55. The lowest BCUT2D eigenvalue weighted by molar-refractivity contribution is 0.102. The second-order valence-corrected chi connectivity index (χ2v) is 8.77. The van der Waals surface area contributed by atoms with Crippen LogP contribution in [0.25, 0.3) is 28.0 Å². The second-order valence-electron chi connectivity index (χ2n) is 7.39. The Morgan fingerprint density at radius 3 is 2.56 bits per heavy atom. The van der Waals surface area contributed by atoms with Crippen molar-refractivity contribution in [3.63, 3.8) is 0 Å². The van der Waals surface area contributed by atoms with Crippen LogP contribution in [0.1, 0.15) is 15.9 Å². The first kappa shape index (κ1) is 20.5. The first-order chi connectivity index (χ1) is 15.6. The highest BCUT2D eigenvalue weighted by Crippen LogP contribution is 2.31. The zero-order valence-electron chi connectivity index (χ0n) is 17.2. The smallest absolute Gasteiger partial charge is 0.196 e. The fraction of sp³-hybridized carbons (Fsp3) is 0.0800. The SMILES string of the molecule is Cc1ccccc1-n1c(SCC(=O)c2c[nH]c3ccccc23)nnc1-c1ccc(Cl)cc1. The maximum Gasteiger partial charge on any atom is 0.196 e. The number of para-hydroxylation sites is 2. The van der Waals surface area contributed by atoms with E-state index in [0.29, 0.717) is 21.6 Å². The van der Waals surface area contributed by atoms with E-state index < -0.39 is 0 Å². The van der Waals surface area contributed by atoms with Gasteiger partial charge in [-0.15, -0.1) is 10.2 Å². The van der Waals surface area contributed by atoms with Crippen LogP contribution in [0.5, 0.6) is 0 Å². The van der Waals surface area contributed by atoms with Gasteiger partial charge in [0.2, 0.25) is 0 Å². The van der Waals surface area contributed by atoms with Crippen LogP contribution < -0.4 is 0 Å². The molecule has 0 atom stereocenters. The summed E-state index contributed by atoms with van der Waals surface area (Å²) in [6, 6.07) is 23.4. The molecule has 32 heavy (non-hydrogen) atoms. The number of thioether (sulfide) groups is 1. The van der Waals surface area contributed by atoms with Crippen LogP contribution in [0, 0.1) is 6.92 Å². The molecule has 5 rings (SSSR count). The van der Waals surface area contributed by atoms with E-state index in [-0.39, 0.29) is 11.5 Å². The summed E-state index contributed by atoms with van der Waals surface area (Å²) in [5, 5.41) is 11.1. The number of ketones is 1. The number of rotatable bonds is 6. The topological polar surface area (TPSA) is 63.6 Å². The molecule has 5 aromatic rings. The number of Topliss-reactive ketones (excluding diaryl/α,β-unsaturated/α-hetero) is 1. The van der Waals surface area contributed by atoms with Gasteiger partial charge in [0.25, 0.3) is 0 Å². The summed E-state index contributed by atoms with van der Waals surface area (Å²) in [7, 11) is 0. The molecule has 0 saturated heterocycles. The van der Waals surface area contributed by atoms with Gasteiger partial charge in [-0.25, -0.2) is 0 Å². The average Bonchev–Trinajstić information content (AvgIpc) is 3.43. The largest absolute Gasteiger partial charge is 0.360 e. The second kappa shape index (κ2) is 8.65. The number of benzene rings is 3. The Morgan fingerprint density at radius 2 is 1.75 bits per heavy atom. The van der Waals surface area contributed by atoms with Crippen LogP contribution in [-0.2, 0) is 0 Å². The molecule has 2 aromatic heterocycles. The molecule has 0 amide bonds. The summed E-state index contributed by atoms with van der Waals surface area (Å²) in [5.41, 5.74) is 4.61. The lowest BCUT2D eigenvalue weighted by Crippen LogP contribution is -2.05. The number of nitrogens with zero attached hydrogens (tertiary/aromatic N) is 3. The van der Waals surface area contributed by atoms with Crippen LogP contribution >= 0.6 is 23.4 Å². The molecule has 0 radical (unpaired) electrons. The van der Waals surface area contributed by atoms with Crippen LogP contribution in [0.3, 0.4) is 0 Å². The van der Waals surface area contributed by atoms with Gasteiger partial charge in [0.1, 0.15) is 0 Å². The lowest BCUT2D eigenvalue weighted by Gasteiger charge is -2.12. The third-order valence-electron chi connectivity index (χ3n) is 5.31. The number of aromatic amines is 1. The minimum atomic E-state index is 0.0415. The van der Waals surface area contributed by atoms with Crippen molar-refractivity contribution in [2.24, 2.45) is 0 Å². The molecule has 2 heterocycles. The van der Waals surface area contributed by atoms with Crippen molar-refractivity contribution in [3.8, 4) is 17.1 Å². The number of aryl methyl sites for hydroxylation is 1. The molecular weight excluding hydrogens is 440 g/mol. The lowest BCUT2D eigenvalue weighted by atomic mass is 10.1. The normalized spacial score (nSPS) is 11.2. The molecule has 158 valence electrons. The summed E-state index contributed by atoms with van der Waals surface area (Å²) in [4.78, 5) is 16.2. The Bertz CT molecular complexity index is 1420. The van der Waals surface area contributed by atoms with Crippen molar-refractivity contribution >= 4 is 40.0 Å². The predicted octanol–water partition coefficient (Wildman–Crippen LogP) is 6.35. The van der Waals surface area contributed by atoms with Gasteiger partial charge >= 0.3 is 0 Å². The predicted molar refractivity (Wildman–Crippen MR) is 130 cm³/mol. The molecular formula is C25H19ClN4OS. The number of fused-ring (bicyclic) bond motifs is 1. The number of halogens is 1.